The van der Waals surface area contributed by atoms with Crippen molar-refractivity contribution in [2.24, 2.45) is 0 Å². The quantitative estimate of drug-likeness (QED) is 0.864. The van der Waals surface area contributed by atoms with Gasteiger partial charge in [-0.1, -0.05) is 24.3 Å². The van der Waals surface area contributed by atoms with Crippen molar-refractivity contribution < 1.29 is 4.39 Å². The zero-order valence-corrected chi connectivity index (χ0v) is 13.8. The van der Waals surface area contributed by atoms with Gasteiger partial charge in [-0.05, 0) is 54.9 Å². The third kappa shape index (κ3) is 4.64. The molecule has 1 fully saturated rings. The summed E-state index contributed by atoms with van der Waals surface area (Å²) in [6, 6.07) is 16.8. The van der Waals surface area contributed by atoms with Crippen LogP contribution in [0.1, 0.15) is 23.1 Å². The molecule has 0 unspecified atom stereocenters. The lowest BCUT2D eigenvalue weighted by atomic mass is 10.1. The summed E-state index contributed by atoms with van der Waals surface area (Å²) in [5.74, 6) is -0.178. The van der Waals surface area contributed by atoms with E-state index in [9.17, 15) is 4.39 Å². The molecule has 24 heavy (non-hydrogen) atoms. The highest BCUT2D eigenvalue weighted by molar-refractivity contribution is 5.31. The fourth-order valence-corrected chi connectivity index (χ4v) is 3.13. The van der Waals surface area contributed by atoms with Crippen LogP contribution < -0.4 is 0 Å². The van der Waals surface area contributed by atoms with E-state index in [2.05, 4.69) is 15.9 Å². The van der Waals surface area contributed by atoms with Crippen LogP contribution in [-0.4, -0.2) is 36.0 Å². The van der Waals surface area contributed by atoms with Gasteiger partial charge >= 0.3 is 0 Å². The van der Waals surface area contributed by atoms with E-state index in [1.165, 1.54) is 17.7 Å². The van der Waals surface area contributed by atoms with Crippen molar-refractivity contribution in [2.45, 2.75) is 19.5 Å². The molecule has 1 aliphatic heterocycles. The number of rotatable bonds is 4. The van der Waals surface area contributed by atoms with Gasteiger partial charge in [-0.2, -0.15) is 5.26 Å². The summed E-state index contributed by atoms with van der Waals surface area (Å²) in [6.45, 7) is 6.01. The summed E-state index contributed by atoms with van der Waals surface area (Å²) in [6.07, 6.45) is 1.14. The molecule has 3 nitrogen and oxygen atoms in total. The number of hydrogen-bond acceptors (Lipinski definition) is 3. The van der Waals surface area contributed by atoms with E-state index in [0.717, 1.165) is 51.3 Å². The monoisotopic (exact) mass is 323 g/mol. The maximum absolute atomic E-state index is 13.0. The summed E-state index contributed by atoms with van der Waals surface area (Å²) in [4.78, 5) is 4.90. The number of benzene rings is 2. The van der Waals surface area contributed by atoms with Gasteiger partial charge in [0, 0.05) is 26.2 Å². The molecule has 2 aromatic carbocycles. The highest BCUT2D eigenvalue weighted by Crippen LogP contribution is 2.13. The van der Waals surface area contributed by atoms with Crippen LogP contribution in [0.5, 0.6) is 0 Å². The molecule has 1 aliphatic rings. The van der Waals surface area contributed by atoms with E-state index in [0.29, 0.717) is 5.56 Å². The van der Waals surface area contributed by atoms with E-state index in [4.69, 9.17) is 5.26 Å². The molecule has 0 N–H and O–H groups in total. The Hall–Kier alpha value is -2.22. The first-order chi connectivity index (χ1) is 11.7. The lowest BCUT2D eigenvalue weighted by Gasteiger charge is -2.22. The topological polar surface area (TPSA) is 30.3 Å². The smallest absolute Gasteiger partial charge is 0.123 e. The van der Waals surface area contributed by atoms with E-state index in [1.54, 1.807) is 0 Å². The Labute approximate surface area is 142 Å². The van der Waals surface area contributed by atoms with Gasteiger partial charge in [0.1, 0.15) is 5.82 Å². The Balaban J connectivity index is 1.52. The van der Waals surface area contributed by atoms with Crippen LogP contribution in [0.4, 0.5) is 4.39 Å². The second-order valence-electron chi connectivity index (χ2n) is 6.34. The van der Waals surface area contributed by atoms with Crippen molar-refractivity contribution in [3.05, 3.63) is 71.0 Å². The fraction of sp³-hybridized carbons (Fsp3) is 0.350. The minimum absolute atomic E-state index is 0.178. The number of hydrogen-bond donors (Lipinski definition) is 0. The van der Waals surface area contributed by atoms with Gasteiger partial charge in [-0.3, -0.25) is 9.80 Å². The summed E-state index contributed by atoms with van der Waals surface area (Å²) >= 11 is 0. The lowest BCUT2D eigenvalue weighted by Crippen LogP contribution is -2.30. The Bertz CT molecular complexity index is 688. The molecule has 1 heterocycles. The molecule has 0 radical (unpaired) electrons. The van der Waals surface area contributed by atoms with Crippen molar-refractivity contribution in [3.8, 4) is 6.07 Å². The third-order valence-electron chi connectivity index (χ3n) is 4.49. The van der Waals surface area contributed by atoms with Crippen LogP contribution in [0, 0.1) is 17.1 Å². The molecule has 124 valence electrons. The molecule has 0 atom stereocenters. The summed E-state index contributed by atoms with van der Waals surface area (Å²) in [5.41, 5.74) is 3.12. The van der Waals surface area contributed by atoms with Crippen molar-refractivity contribution in [1.82, 2.24) is 9.80 Å². The second-order valence-corrected chi connectivity index (χ2v) is 6.34. The summed E-state index contributed by atoms with van der Waals surface area (Å²) in [7, 11) is 0. The molecule has 0 bridgehead atoms. The first-order valence-corrected chi connectivity index (χ1v) is 8.41. The van der Waals surface area contributed by atoms with Gasteiger partial charge in [-0.15, -0.1) is 0 Å². The highest BCUT2D eigenvalue weighted by atomic mass is 19.1. The predicted molar refractivity (Wildman–Crippen MR) is 92.7 cm³/mol. The van der Waals surface area contributed by atoms with Gasteiger partial charge in [0.05, 0.1) is 11.6 Å². The molecule has 2 aromatic rings. The largest absolute Gasteiger partial charge is 0.298 e. The molecule has 0 aliphatic carbocycles. The Morgan fingerprint density at radius 2 is 1.29 bits per heavy atom. The maximum Gasteiger partial charge on any atom is 0.123 e. The molecule has 1 saturated heterocycles. The van der Waals surface area contributed by atoms with E-state index >= 15 is 0 Å². The van der Waals surface area contributed by atoms with Gasteiger partial charge in [0.25, 0.3) is 0 Å². The average molecular weight is 323 g/mol. The van der Waals surface area contributed by atoms with Crippen molar-refractivity contribution in [1.29, 1.82) is 5.26 Å². The molecular formula is C20H22FN3. The number of nitrogens with zero attached hydrogens (tertiary/aromatic N) is 3. The summed E-state index contributed by atoms with van der Waals surface area (Å²) < 4.78 is 13.0. The van der Waals surface area contributed by atoms with E-state index < -0.39 is 0 Å². The predicted octanol–water partition coefficient (Wildman–Crippen LogP) is 3.41. The molecule has 0 saturated carbocycles. The van der Waals surface area contributed by atoms with Crippen LogP contribution in [0.2, 0.25) is 0 Å². The average Bonchev–Trinajstić information content (AvgIpc) is 2.83. The van der Waals surface area contributed by atoms with Crippen LogP contribution >= 0.6 is 0 Å². The summed E-state index contributed by atoms with van der Waals surface area (Å²) in [5, 5.41) is 8.87. The van der Waals surface area contributed by atoms with Gasteiger partial charge < -0.3 is 0 Å². The van der Waals surface area contributed by atoms with Gasteiger partial charge in [-0.25, -0.2) is 4.39 Å². The minimum atomic E-state index is -0.178. The van der Waals surface area contributed by atoms with E-state index in [-0.39, 0.29) is 5.82 Å². The Morgan fingerprint density at radius 1 is 0.792 bits per heavy atom. The van der Waals surface area contributed by atoms with Crippen molar-refractivity contribution in [2.75, 3.05) is 26.2 Å². The SMILES string of the molecule is N#Cc1ccc(CN2CCCN(Cc3ccc(F)cc3)CC2)cc1. The van der Waals surface area contributed by atoms with E-state index in [1.807, 2.05) is 36.4 Å². The molecular weight excluding hydrogens is 301 g/mol. The maximum atomic E-state index is 13.0. The van der Waals surface area contributed by atoms with Crippen molar-refractivity contribution in [3.63, 3.8) is 0 Å². The van der Waals surface area contributed by atoms with Crippen LogP contribution in [-0.2, 0) is 13.1 Å². The highest BCUT2D eigenvalue weighted by Gasteiger charge is 2.15. The molecule has 0 aromatic heterocycles. The molecule has 4 heteroatoms. The first kappa shape index (κ1) is 16.6. The number of nitriles is 1. The molecule has 0 amide bonds. The van der Waals surface area contributed by atoms with Gasteiger partial charge in [0.15, 0.2) is 0 Å². The standard InChI is InChI=1S/C20H22FN3/c21-20-8-6-19(7-9-20)16-24-11-1-10-23(12-13-24)15-18-4-2-17(14-22)3-5-18/h2-9H,1,10-13,15-16H2. The van der Waals surface area contributed by atoms with Crippen LogP contribution in [0.15, 0.2) is 48.5 Å². The normalized spacial score (nSPS) is 16.5. The number of halogens is 1. The van der Waals surface area contributed by atoms with Crippen LogP contribution in [0.25, 0.3) is 0 Å². The Morgan fingerprint density at radius 3 is 1.79 bits per heavy atom. The second kappa shape index (κ2) is 8.05. The lowest BCUT2D eigenvalue weighted by molar-refractivity contribution is 0.247. The third-order valence-corrected chi connectivity index (χ3v) is 4.49. The minimum Gasteiger partial charge on any atom is -0.298 e. The van der Waals surface area contributed by atoms with Gasteiger partial charge in [0.2, 0.25) is 0 Å². The zero-order chi connectivity index (χ0) is 16.8. The molecule has 3 rings (SSSR count). The first-order valence-electron chi connectivity index (χ1n) is 8.41. The fourth-order valence-electron chi connectivity index (χ4n) is 3.13. The van der Waals surface area contributed by atoms with Crippen LogP contribution in [0.3, 0.4) is 0 Å². The molecule has 0 spiro atoms. The van der Waals surface area contributed by atoms with Crippen molar-refractivity contribution >= 4 is 0 Å². The Kier molecular flexibility index (Phi) is 5.58. The zero-order valence-electron chi connectivity index (χ0n) is 13.8.